The second-order valence-corrected chi connectivity index (χ2v) is 3.77. The summed E-state index contributed by atoms with van der Waals surface area (Å²) in [6.07, 6.45) is 0. The number of sulfone groups is 1. The molecule has 0 aliphatic carbocycles. The molecule has 0 aromatic heterocycles. The quantitative estimate of drug-likeness (QED) is 0.496. The van der Waals surface area contributed by atoms with Crippen LogP contribution in [0, 0.1) is 0 Å². The van der Waals surface area contributed by atoms with E-state index in [1.807, 2.05) is 0 Å². The number of hydrogen-bond donors (Lipinski definition) is 2. The third-order valence-corrected chi connectivity index (χ3v) is 2.26. The first-order valence-electron chi connectivity index (χ1n) is 2.10. The van der Waals surface area contributed by atoms with Crippen LogP contribution in [0.2, 0.25) is 0 Å². The molecule has 0 rings (SSSR count). The predicted molar refractivity (Wildman–Crippen MR) is 29.7 cm³/mol. The van der Waals surface area contributed by atoms with Crippen molar-refractivity contribution >= 4 is 9.84 Å². The summed E-state index contributed by atoms with van der Waals surface area (Å²) in [5.74, 6) is -0.495. The van der Waals surface area contributed by atoms with E-state index < -0.39 is 21.2 Å². The Morgan fingerprint density at radius 1 is 1.75 bits per heavy atom. The smallest absolute Gasteiger partial charge is 0.189 e. The van der Waals surface area contributed by atoms with E-state index in [9.17, 15) is 8.42 Å². The Hall–Kier alpha value is -0.130. The maximum atomic E-state index is 10.3. The van der Waals surface area contributed by atoms with Crippen LogP contribution in [0.4, 0.5) is 0 Å². The summed E-state index contributed by atoms with van der Waals surface area (Å²) >= 11 is 0. The van der Waals surface area contributed by atoms with E-state index in [1.54, 1.807) is 0 Å². The third kappa shape index (κ3) is 1.77. The fourth-order valence-corrected chi connectivity index (χ4v) is 0.418. The van der Waals surface area contributed by atoms with Crippen LogP contribution in [0.1, 0.15) is 6.92 Å². The van der Waals surface area contributed by atoms with Crippen molar-refractivity contribution in [3.63, 3.8) is 0 Å². The zero-order valence-corrected chi connectivity index (χ0v) is 5.35. The lowest BCUT2D eigenvalue weighted by atomic mass is 10.9. The van der Waals surface area contributed by atoms with Crippen LogP contribution in [0.5, 0.6) is 0 Å². The van der Waals surface area contributed by atoms with Gasteiger partial charge in [-0.05, 0) is 6.92 Å². The average Bonchev–Trinajstić information content (AvgIpc) is 1.67. The molecule has 1 unspecified atom stereocenters. The molecule has 0 aliphatic heterocycles. The molecule has 0 heterocycles. The van der Waals surface area contributed by atoms with Gasteiger partial charge >= 0.3 is 0 Å². The molecule has 5 heteroatoms. The van der Waals surface area contributed by atoms with Crippen molar-refractivity contribution in [3.8, 4) is 0 Å². The molecular weight excluding hydrogens is 130 g/mol. The maximum Gasteiger partial charge on any atom is 0.189 e. The van der Waals surface area contributed by atoms with E-state index in [0.29, 0.717) is 0 Å². The van der Waals surface area contributed by atoms with Crippen molar-refractivity contribution in [1.29, 1.82) is 0 Å². The standard InChI is InChI=1S/C3H9NO3S/c1-3(5)8(6,7)2-4/h3,5H,2,4H2,1H3. The van der Waals surface area contributed by atoms with Crippen LogP contribution < -0.4 is 5.73 Å². The van der Waals surface area contributed by atoms with E-state index in [1.165, 1.54) is 6.92 Å². The Labute approximate surface area is 48.2 Å². The highest BCUT2D eigenvalue weighted by Gasteiger charge is 2.13. The molecule has 50 valence electrons. The molecule has 8 heavy (non-hydrogen) atoms. The average molecular weight is 139 g/mol. The van der Waals surface area contributed by atoms with Crippen LogP contribution in [-0.2, 0) is 9.84 Å². The van der Waals surface area contributed by atoms with Gasteiger partial charge < -0.3 is 10.8 Å². The SMILES string of the molecule is CC(O)S(=O)(=O)CN. The molecule has 0 fully saturated rings. The number of aliphatic hydroxyl groups excluding tert-OH is 1. The predicted octanol–water partition coefficient (Wildman–Crippen LogP) is -1.34. The van der Waals surface area contributed by atoms with Gasteiger partial charge in [0.05, 0.1) is 5.88 Å². The Balaban J connectivity index is 4.17. The highest BCUT2D eigenvalue weighted by Crippen LogP contribution is 1.92. The lowest BCUT2D eigenvalue weighted by Crippen LogP contribution is -2.24. The summed E-state index contributed by atoms with van der Waals surface area (Å²) in [6, 6.07) is 0. The molecule has 0 spiro atoms. The fraction of sp³-hybridized carbons (Fsp3) is 1.00. The van der Waals surface area contributed by atoms with Gasteiger partial charge in [-0.25, -0.2) is 8.42 Å². The van der Waals surface area contributed by atoms with Crippen molar-refractivity contribution < 1.29 is 13.5 Å². The number of aliphatic hydroxyl groups is 1. The lowest BCUT2D eigenvalue weighted by Gasteiger charge is -2.00. The van der Waals surface area contributed by atoms with Gasteiger partial charge in [0.2, 0.25) is 0 Å². The van der Waals surface area contributed by atoms with Gasteiger partial charge in [-0.2, -0.15) is 0 Å². The molecule has 0 saturated carbocycles. The topological polar surface area (TPSA) is 80.4 Å². The van der Waals surface area contributed by atoms with Gasteiger partial charge in [-0.3, -0.25) is 0 Å². The summed E-state index contributed by atoms with van der Waals surface area (Å²) in [4.78, 5) is 0. The summed E-state index contributed by atoms with van der Waals surface area (Å²) < 4.78 is 20.6. The minimum absolute atomic E-state index is 0.495. The zero-order valence-electron chi connectivity index (χ0n) is 4.53. The van der Waals surface area contributed by atoms with Crippen molar-refractivity contribution in [2.24, 2.45) is 5.73 Å². The Bertz CT molecular complexity index is 148. The van der Waals surface area contributed by atoms with Crippen LogP contribution in [-0.4, -0.2) is 24.8 Å². The molecule has 0 radical (unpaired) electrons. The summed E-state index contributed by atoms with van der Waals surface area (Å²) in [5.41, 5.74) is 3.42. The zero-order chi connectivity index (χ0) is 6.78. The first-order chi connectivity index (χ1) is 3.50. The molecule has 1 atom stereocenters. The van der Waals surface area contributed by atoms with Gasteiger partial charge in [0.25, 0.3) is 0 Å². The summed E-state index contributed by atoms with van der Waals surface area (Å²) in [7, 11) is -3.40. The highest BCUT2D eigenvalue weighted by molar-refractivity contribution is 7.91. The molecule has 0 aromatic rings. The molecular formula is C3H9NO3S. The normalized spacial score (nSPS) is 15.9. The number of nitrogens with two attached hydrogens (primary N) is 1. The van der Waals surface area contributed by atoms with E-state index in [2.05, 4.69) is 0 Å². The van der Waals surface area contributed by atoms with Gasteiger partial charge in [0, 0.05) is 0 Å². The first kappa shape index (κ1) is 7.87. The Kier molecular flexibility index (Phi) is 2.39. The van der Waals surface area contributed by atoms with E-state index >= 15 is 0 Å². The van der Waals surface area contributed by atoms with E-state index in [0.717, 1.165) is 0 Å². The molecule has 0 amide bonds. The minimum atomic E-state index is -3.40. The van der Waals surface area contributed by atoms with Crippen molar-refractivity contribution in [1.82, 2.24) is 0 Å². The highest BCUT2D eigenvalue weighted by atomic mass is 32.2. The maximum absolute atomic E-state index is 10.3. The van der Waals surface area contributed by atoms with Crippen molar-refractivity contribution in [2.45, 2.75) is 12.4 Å². The molecule has 0 bridgehead atoms. The Morgan fingerprint density at radius 2 is 2.12 bits per heavy atom. The van der Waals surface area contributed by atoms with Crippen LogP contribution in [0.3, 0.4) is 0 Å². The van der Waals surface area contributed by atoms with Crippen LogP contribution >= 0.6 is 0 Å². The minimum Gasteiger partial charge on any atom is -0.377 e. The van der Waals surface area contributed by atoms with E-state index in [4.69, 9.17) is 10.8 Å². The molecule has 4 nitrogen and oxygen atoms in total. The second-order valence-electron chi connectivity index (χ2n) is 1.43. The number of rotatable bonds is 2. The van der Waals surface area contributed by atoms with E-state index in [-0.39, 0.29) is 0 Å². The van der Waals surface area contributed by atoms with Gasteiger partial charge in [0.1, 0.15) is 0 Å². The lowest BCUT2D eigenvalue weighted by molar-refractivity contribution is 0.268. The van der Waals surface area contributed by atoms with Crippen molar-refractivity contribution in [3.05, 3.63) is 0 Å². The largest absolute Gasteiger partial charge is 0.377 e. The molecule has 0 aromatic carbocycles. The van der Waals surface area contributed by atoms with Crippen LogP contribution in [0.25, 0.3) is 0 Å². The number of hydrogen-bond acceptors (Lipinski definition) is 4. The third-order valence-electron chi connectivity index (χ3n) is 0.752. The molecule has 0 aliphatic rings. The first-order valence-corrected chi connectivity index (χ1v) is 3.82. The second kappa shape index (κ2) is 2.43. The molecule has 3 N–H and O–H groups in total. The summed E-state index contributed by atoms with van der Waals surface area (Å²) in [5, 5.41) is 8.41. The molecule has 0 saturated heterocycles. The Morgan fingerprint density at radius 3 is 2.12 bits per heavy atom. The summed E-state index contributed by atoms with van der Waals surface area (Å²) in [6.45, 7) is 1.17. The monoisotopic (exact) mass is 139 g/mol. The van der Waals surface area contributed by atoms with Crippen LogP contribution in [0.15, 0.2) is 0 Å². The van der Waals surface area contributed by atoms with Gasteiger partial charge in [-0.15, -0.1) is 0 Å². The van der Waals surface area contributed by atoms with Gasteiger partial charge in [-0.1, -0.05) is 0 Å². The fourth-order valence-electron chi connectivity index (χ4n) is 0.139. The van der Waals surface area contributed by atoms with Gasteiger partial charge in [0.15, 0.2) is 15.3 Å². The van der Waals surface area contributed by atoms with Crippen molar-refractivity contribution in [2.75, 3.05) is 5.88 Å².